The fourth-order valence-corrected chi connectivity index (χ4v) is 3.12. The Morgan fingerprint density at radius 2 is 2.22 bits per heavy atom. The third kappa shape index (κ3) is 4.39. The van der Waals surface area contributed by atoms with Crippen LogP contribution in [-0.4, -0.2) is 47.0 Å². The minimum atomic E-state index is -0.546. The lowest BCUT2D eigenvalue weighted by molar-refractivity contribution is -0.0370. The molecule has 1 atom stereocenters. The number of fused-ring (bicyclic) bond motifs is 1. The fourth-order valence-electron chi connectivity index (χ4n) is 3.12. The van der Waals surface area contributed by atoms with Gasteiger partial charge < -0.3 is 14.0 Å². The molecule has 2 aromatic rings. The average molecular weight is 373 g/mol. The predicted molar refractivity (Wildman–Crippen MR) is 104 cm³/mol. The van der Waals surface area contributed by atoms with Gasteiger partial charge >= 0.3 is 7.12 Å². The summed E-state index contributed by atoms with van der Waals surface area (Å²) in [7, 11) is -0.546. The Hall–Kier alpha value is -1.77. The highest BCUT2D eigenvalue weighted by molar-refractivity contribution is 6.61. The molecule has 3 rings (SSSR count). The molecule has 146 valence electrons. The summed E-state index contributed by atoms with van der Waals surface area (Å²) in [5, 5.41) is 5.14. The first-order valence-electron chi connectivity index (χ1n) is 9.73. The number of hydrogen-bond donors (Lipinski definition) is 0. The maximum Gasteiger partial charge on any atom is 0.495 e. The van der Waals surface area contributed by atoms with Gasteiger partial charge in [-0.15, -0.1) is 0 Å². The zero-order valence-electron chi connectivity index (χ0n) is 16.6. The normalized spacial score (nSPS) is 18.0. The van der Waals surface area contributed by atoms with E-state index in [0.29, 0.717) is 29.9 Å². The summed E-state index contributed by atoms with van der Waals surface area (Å²) >= 11 is 0. The number of hydrogen-bond acceptors (Lipinski definition) is 6. The van der Waals surface area contributed by atoms with E-state index in [2.05, 4.69) is 17.0 Å². The van der Waals surface area contributed by atoms with Crippen molar-refractivity contribution in [3.8, 4) is 0 Å². The monoisotopic (exact) mass is 373 g/mol. The number of aromatic nitrogens is 3. The number of nitrogens with zero attached hydrogens (tertiary/aromatic N) is 3. The second kappa shape index (κ2) is 8.50. The molecule has 2 aromatic heterocycles. The number of rotatable bonds is 8. The van der Waals surface area contributed by atoms with Crippen molar-refractivity contribution >= 4 is 29.9 Å². The zero-order valence-corrected chi connectivity index (χ0v) is 16.6. The van der Waals surface area contributed by atoms with Gasteiger partial charge in [-0.1, -0.05) is 6.92 Å². The molecular formula is C19H28BN3O4. The van der Waals surface area contributed by atoms with Gasteiger partial charge in [-0.05, 0) is 52.5 Å². The quantitative estimate of drug-likeness (QED) is 0.523. The molecule has 1 aliphatic heterocycles. The van der Waals surface area contributed by atoms with E-state index in [1.165, 1.54) is 0 Å². The topological polar surface area (TPSA) is 75.5 Å². The van der Waals surface area contributed by atoms with Crippen LogP contribution in [0.4, 0.5) is 0 Å². The summed E-state index contributed by atoms with van der Waals surface area (Å²) in [6.45, 7) is 9.27. The molecule has 8 heteroatoms. The summed E-state index contributed by atoms with van der Waals surface area (Å²) in [6.07, 6.45) is 6.17. The van der Waals surface area contributed by atoms with Crippen LogP contribution < -0.4 is 5.46 Å². The van der Waals surface area contributed by atoms with Crippen molar-refractivity contribution in [1.29, 1.82) is 0 Å². The second-order valence-corrected chi connectivity index (χ2v) is 7.43. The third-order valence-corrected chi connectivity index (χ3v) is 5.00. The molecule has 0 aromatic carbocycles. The molecule has 1 aliphatic rings. The largest absolute Gasteiger partial charge is 0.495 e. The molecule has 1 unspecified atom stereocenters. The molecule has 3 heterocycles. The number of carbonyl (C=O) groups is 1. The molecule has 27 heavy (non-hydrogen) atoms. The van der Waals surface area contributed by atoms with Crippen molar-refractivity contribution in [2.75, 3.05) is 13.2 Å². The van der Waals surface area contributed by atoms with Gasteiger partial charge in [-0.3, -0.25) is 4.79 Å². The zero-order chi connectivity index (χ0) is 19.4. The third-order valence-electron chi connectivity index (χ3n) is 5.00. The van der Waals surface area contributed by atoms with E-state index >= 15 is 0 Å². The van der Waals surface area contributed by atoms with Crippen LogP contribution in [-0.2, 0) is 14.0 Å². The predicted octanol–water partition coefficient (Wildman–Crippen LogP) is 2.88. The molecule has 7 nitrogen and oxygen atoms in total. The number of pyridine rings is 1. The molecule has 1 fully saturated rings. The second-order valence-electron chi connectivity index (χ2n) is 7.43. The van der Waals surface area contributed by atoms with Crippen LogP contribution in [0.5, 0.6) is 0 Å². The molecule has 0 saturated carbocycles. The molecule has 0 spiro atoms. The minimum absolute atomic E-state index is 0.175. The fraction of sp³-hybridized carbons (Fsp3) is 0.632. The van der Waals surface area contributed by atoms with Gasteiger partial charge in [0.1, 0.15) is 5.69 Å². The highest BCUT2D eigenvalue weighted by Crippen LogP contribution is 2.26. The van der Waals surface area contributed by atoms with Gasteiger partial charge in [0.25, 0.3) is 0 Å². The van der Waals surface area contributed by atoms with E-state index in [1.54, 1.807) is 10.9 Å². The van der Waals surface area contributed by atoms with Crippen LogP contribution in [0.3, 0.4) is 0 Å². The summed E-state index contributed by atoms with van der Waals surface area (Å²) in [6, 6.07) is 1.89. The summed E-state index contributed by atoms with van der Waals surface area (Å²) < 4.78 is 19.5. The van der Waals surface area contributed by atoms with Crippen LogP contribution in [0, 0.1) is 0 Å². The van der Waals surface area contributed by atoms with Gasteiger partial charge in [0.15, 0.2) is 18.2 Å². The minimum Gasteiger partial charge on any atom is -0.408 e. The van der Waals surface area contributed by atoms with Gasteiger partial charge in [-0.25, -0.2) is 9.67 Å². The van der Waals surface area contributed by atoms with Crippen LogP contribution in [0.25, 0.3) is 11.0 Å². The van der Waals surface area contributed by atoms with E-state index in [0.717, 1.165) is 37.4 Å². The first-order valence-corrected chi connectivity index (χ1v) is 9.73. The van der Waals surface area contributed by atoms with E-state index < -0.39 is 7.12 Å². The smallest absolute Gasteiger partial charge is 0.408 e. The molecule has 0 N–H and O–H groups in total. The summed E-state index contributed by atoms with van der Waals surface area (Å²) in [5.74, 6) is 0. The Balaban J connectivity index is 1.99. The standard InChI is InChI=1S/C19H28BN3O4/c1-5-19(3,4)27-20(26-6-2)14-11-15-16(13-24)22-23(18(15)21-12-14)17-9-7-8-10-25-17/h11-13,17H,5-10H2,1-4H3. The SMILES string of the molecule is CCOB(OC(C)(C)CC)c1cnc2c(c1)c(C=O)nn2C1CCCCO1. The van der Waals surface area contributed by atoms with Gasteiger partial charge in [0.05, 0.1) is 0 Å². The average Bonchev–Trinajstić information content (AvgIpc) is 3.06. The molecule has 0 amide bonds. The lowest BCUT2D eigenvalue weighted by Gasteiger charge is -2.28. The van der Waals surface area contributed by atoms with Gasteiger partial charge in [-0.2, -0.15) is 5.10 Å². The van der Waals surface area contributed by atoms with Crippen LogP contribution >= 0.6 is 0 Å². The molecular weight excluding hydrogens is 345 g/mol. The van der Waals surface area contributed by atoms with Crippen molar-refractivity contribution in [3.63, 3.8) is 0 Å². The van der Waals surface area contributed by atoms with Gasteiger partial charge in [0.2, 0.25) is 0 Å². The van der Waals surface area contributed by atoms with Crippen LogP contribution in [0.15, 0.2) is 12.3 Å². The lowest BCUT2D eigenvalue weighted by Crippen LogP contribution is -2.44. The molecule has 0 radical (unpaired) electrons. The van der Waals surface area contributed by atoms with Crippen LogP contribution in [0.2, 0.25) is 0 Å². The van der Waals surface area contributed by atoms with Crippen molar-refractivity contribution in [1.82, 2.24) is 14.8 Å². The van der Waals surface area contributed by atoms with E-state index in [-0.39, 0.29) is 11.8 Å². The number of carbonyl (C=O) groups excluding carboxylic acids is 1. The summed E-state index contributed by atoms with van der Waals surface area (Å²) in [4.78, 5) is 16.2. The van der Waals surface area contributed by atoms with E-state index in [9.17, 15) is 4.79 Å². The maximum absolute atomic E-state index is 11.6. The molecule has 0 aliphatic carbocycles. The van der Waals surface area contributed by atoms with Crippen molar-refractivity contribution < 1.29 is 18.8 Å². The van der Waals surface area contributed by atoms with E-state index in [4.69, 9.17) is 14.0 Å². The first kappa shape index (κ1) is 20.0. The Labute approximate surface area is 160 Å². The van der Waals surface area contributed by atoms with Crippen molar-refractivity contribution in [2.45, 2.75) is 65.2 Å². The Bertz CT molecular complexity index is 787. The van der Waals surface area contributed by atoms with Crippen LogP contribution in [0.1, 0.15) is 70.1 Å². The number of ether oxygens (including phenoxy) is 1. The Kier molecular flexibility index (Phi) is 6.29. The first-order chi connectivity index (χ1) is 13.0. The number of aldehydes is 1. The van der Waals surface area contributed by atoms with E-state index in [1.807, 2.05) is 26.8 Å². The van der Waals surface area contributed by atoms with Crippen molar-refractivity contribution in [2.24, 2.45) is 0 Å². The lowest BCUT2D eigenvalue weighted by atomic mass is 9.78. The highest BCUT2D eigenvalue weighted by atomic mass is 16.6. The Morgan fingerprint density at radius 1 is 1.41 bits per heavy atom. The maximum atomic E-state index is 11.6. The highest BCUT2D eigenvalue weighted by Gasteiger charge is 2.30. The van der Waals surface area contributed by atoms with Gasteiger partial charge in [0, 0.05) is 35.9 Å². The Morgan fingerprint density at radius 3 is 2.85 bits per heavy atom. The summed E-state index contributed by atoms with van der Waals surface area (Å²) in [5.41, 5.74) is 1.46. The molecule has 1 saturated heterocycles. The van der Waals surface area contributed by atoms with Crippen molar-refractivity contribution in [3.05, 3.63) is 18.0 Å². The molecule has 0 bridgehead atoms.